The van der Waals surface area contributed by atoms with Crippen LogP contribution in [0.25, 0.3) is 0 Å². The average Bonchev–Trinajstić information content (AvgIpc) is 3.24. The first-order valence-corrected chi connectivity index (χ1v) is 9.58. The molecule has 2 aromatic rings. The van der Waals surface area contributed by atoms with Crippen LogP contribution in [0.5, 0.6) is 0 Å². The third-order valence-electron chi connectivity index (χ3n) is 3.97. The zero-order valence-corrected chi connectivity index (χ0v) is 14.5. The highest BCUT2D eigenvalue weighted by atomic mass is 32.2. The molecular formula is C14H19N5O2S2. The summed E-state index contributed by atoms with van der Waals surface area (Å²) in [7, 11) is 0. The number of carbonyl (C=O) groups excluding carboxylic acids is 1. The molecule has 0 saturated carbocycles. The monoisotopic (exact) mass is 353 g/mol. The number of thiazole rings is 1. The fourth-order valence-electron chi connectivity index (χ4n) is 2.69. The lowest BCUT2D eigenvalue weighted by molar-refractivity contribution is 0.0675. The van der Waals surface area contributed by atoms with Crippen LogP contribution in [0.15, 0.2) is 15.9 Å². The van der Waals surface area contributed by atoms with Gasteiger partial charge in [-0.3, -0.25) is 9.48 Å². The van der Waals surface area contributed by atoms with Crippen molar-refractivity contribution in [2.75, 3.05) is 19.3 Å². The molecule has 124 valence electrons. The average molecular weight is 353 g/mol. The molecule has 3 heterocycles. The third-order valence-corrected chi connectivity index (χ3v) is 5.84. The van der Waals surface area contributed by atoms with Crippen LogP contribution in [0.3, 0.4) is 0 Å². The van der Waals surface area contributed by atoms with Gasteiger partial charge in [0.15, 0.2) is 0 Å². The molecule has 1 aliphatic heterocycles. The van der Waals surface area contributed by atoms with Crippen LogP contribution in [0.4, 0.5) is 0 Å². The van der Waals surface area contributed by atoms with Crippen molar-refractivity contribution in [2.24, 2.45) is 5.92 Å². The van der Waals surface area contributed by atoms with Gasteiger partial charge in [0.1, 0.15) is 15.7 Å². The van der Waals surface area contributed by atoms with Crippen LogP contribution in [0.1, 0.15) is 29.0 Å². The maximum atomic E-state index is 12.4. The van der Waals surface area contributed by atoms with E-state index in [1.165, 1.54) is 11.3 Å². The van der Waals surface area contributed by atoms with Gasteiger partial charge in [-0.1, -0.05) is 17.0 Å². The number of rotatable bonds is 5. The second-order valence-corrected chi connectivity index (χ2v) is 7.44. The molecule has 0 atom stereocenters. The number of nitrogens with zero attached hydrogens (tertiary/aromatic N) is 5. The SMILES string of the molecule is CSc1nc(C(=O)N2CCC(Cn3cc(CO)nn3)CC2)cs1. The fourth-order valence-corrected chi connectivity index (χ4v) is 3.93. The molecule has 1 amide bonds. The summed E-state index contributed by atoms with van der Waals surface area (Å²) in [6, 6.07) is 0. The number of thioether (sulfide) groups is 1. The number of piperidine rings is 1. The van der Waals surface area contributed by atoms with E-state index in [1.807, 2.05) is 16.5 Å². The zero-order chi connectivity index (χ0) is 16.2. The summed E-state index contributed by atoms with van der Waals surface area (Å²) >= 11 is 3.08. The topological polar surface area (TPSA) is 84.1 Å². The normalized spacial score (nSPS) is 16.0. The van der Waals surface area contributed by atoms with E-state index in [9.17, 15) is 4.79 Å². The number of hydrogen-bond acceptors (Lipinski definition) is 7. The Balaban J connectivity index is 1.52. The molecule has 1 fully saturated rings. The van der Waals surface area contributed by atoms with E-state index in [-0.39, 0.29) is 12.5 Å². The van der Waals surface area contributed by atoms with Gasteiger partial charge in [0, 0.05) is 25.0 Å². The minimum absolute atomic E-state index is 0.0309. The van der Waals surface area contributed by atoms with E-state index in [0.29, 0.717) is 17.3 Å². The van der Waals surface area contributed by atoms with Crippen molar-refractivity contribution in [3.05, 3.63) is 23.0 Å². The van der Waals surface area contributed by atoms with Gasteiger partial charge < -0.3 is 10.0 Å². The zero-order valence-electron chi connectivity index (χ0n) is 12.9. The third kappa shape index (κ3) is 3.91. The first-order valence-electron chi connectivity index (χ1n) is 7.48. The van der Waals surface area contributed by atoms with Crippen LogP contribution >= 0.6 is 23.1 Å². The smallest absolute Gasteiger partial charge is 0.273 e. The lowest BCUT2D eigenvalue weighted by Gasteiger charge is -2.31. The summed E-state index contributed by atoms with van der Waals surface area (Å²) in [5.74, 6) is 0.507. The summed E-state index contributed by atoms with van der Waals surface area (Å²) in [5.41, 5.74) is 1.15. The molecule has 3 rings (SSSR count). The molecule has 23 heavy (non-hydrogen) atoms. The number of amides is 1. The maximum Gasteiger partial charge on any atom is 0.273 e. The summed E-state index contributed by atoms with van der Waals surface area (Å²) < 4.78 is 2.70. The van der Waals surface area contributed by atoms with Crippen molar-refractivity contribution in [1.29, 1.82) is 0 Å². The Bertz CT molecular complexity index is 664. The standard InChI is InChI=1S/C14H19N5O2S2/c1-22-14-15-12(9-23-14)13(21)18-4-2-10(3-5-18)6-19-7-11(8-20)16-17-19/h7,9-10,20H,2-6,8H2,1H3. The van der Waals surface area contributed by atoms with Gasteiger partial charge in [-0.15, -0.1) is 16.4 Å². The Morgan fingerprint density at radius 3 is 2.87 bits per heavy atom. The Morgan fingerprint density at radius 1 is 1.48 bits per heavy atom. The van der Waals surface area contributed by atoms with Gasteiger partial charge in [0.2, 0.25) is 0 Å². The summed E-state index contributed by atoms with van der Waals surface area (Å²) in [5, 5.41) is 18.7. The van der Waals surface area contributed by atoms with Crippen molar-refractivity contribution >= 4 is 29.0 Å². The molecule has 9 heteroatoms. The van der Waals surface area contributed by atoms with Crippen molar-refractivity contribution in [1.82, 2.24) is 24.9 Å². The van der Waals surface area contributed by atoms with Gasteiger partial charge in [-0.25, -0.2) is 4.98 Å². The summed E-state index contributed by atoms with van der Waals surface area (Å²) in [6.07, 6.45) is 5.63. The first kappa shape index (κ1) is 16.4. The fraction of sp³-hybridized carbons (Fsp3) is 0.571. The Kier molecular flexibility index (Phi) is 5.29. The predicted octanol–water partition coefficient (Wildman–Crippen LogP) is 1.50. The van der Waals surface area contributed by atoms with Gasteiger partial charge in [0.25, 0.3) is 5.91 Å². The van der Waals surface area contributed by atoms with Gasteiger partial charge in [-0.2, -0.15) is 0 Å². The molecule has 1 N–H and O–H groups in total. The number of carbonyl (C=O) groups is 1. The van der Waals surface area contributed by atoms with E-state index in [1.54, 1.807) is 22.6 Å². The molecule has 0 aromatic carbocycles. The minimum atomic E-state index is -0.0847. The summed E-state index contributed by atoms with van der Waals surface area (Å²) in [4.78, 5) is 18.7. The Hall–Kier alpha value is -1.45. The first-order chi connectivity index (χ1) is 11.2. The Labute approximate surface area is 142 Å². The summed E-state index contributed by atoms with van der Waals surface area (Å²) in [6.45, 7) is 2.19. The molecule has 1 saturated heterocycles. The van der Waals surface area contributed by atoms with Crippen LogP contribution in [-0.2, 0) is 13.2 Å². The largest absolute Gasteiger partial charge is 0.390 e. The number of aliphatic hydroxyl groups is 1. The minimum Gasteiger partial charge on any atom is -0.390 e. The molecule has 0 unspecified atom stereocenters. The van der Waals surface area contributed by atoms with E-state index in [0.717, 1.165) is 36.8 Å². The van der Waals surface area contributed by atoms with Crippen molar-refractivity contribution in [2.45, 2.75) is 30.3 Å². The quantitative estimate of drug-likeness (QED) is 0.820. The van der Waals surface area contributed by atoms with Gasteiger partial charge in [-0.05, 0) is 25.0 Å². The molecule has 2 aromatic heterocycles. The van der Waals surface area contributed by atoms with Gasteiger partial charge >= 0.3 is 0 Å². The van der Waals surface area contributed by atoms with Crippen molar-refractivity contribution in [3.8, 4) is 0 Å². The molecule has 0 aliphatic carbocycles. The molecule has 0 bridgehead atoms. The molecule has 0 spiro atoms. The van der Waals surface area contributed by atoms with E-state index >= 15 is 0 Å². The van der Waals surface area contributed by atoms with E-state index < -0.39 is 0 Å². The number of likely N-dealkylation sites (tertiary alicyclic amines) is 1. The van der Waals surface area contributed by atoms with Crippen molar-refractivity contribution < 1.29 is 9.90 Å². The predicted molar refractivity (Wildman–Crippen MR) is 88.5 cm³/mol. The number of aliphatic hydroxyl groups excluding tert-OH is 1. The van der Waals surface area contributed by atoms with E-state index in [4.69, 9.17) is 5.11 Å². The number of aromatic nitrogens is 4. The van der Waals surface area contributed by atoms with Crippen LogP contribution in [0.2, 0.25) is 0 Å². The molecular weight excluding hydrogens is 334 g/mol. The van der Waals surface area contributed by atoms with E-state index in [2.05, 4.69) is 15.3 Å². The molecule has 7 nitrogen and oxygen atoms in total. The number of hydrogen-bond donors (Lipinski definition) is 1. The highest BCUT2D eigenvalue weighted by molar-refractivity contribution is 8.00. The van der Waals surface area contributed by atoms with Crippen LogP contribution < -0.4 is 0 Å². The lowest BCUT2D eigenvalue weighted by Crippen LogP contribution is -2.39. The maximum absolute atomic E-state index is 12.4. The molecule has 0 radical (unpaired) electrons. The lowest BCUT2D eigenvalue weighted by atomic mass is 9.96. The van der Waals surface area contributed by atoms with Crippen molar-refractivity contribution in [3.63, 3.8) is 0 Å². The highest BCUT2D eigenvalue weighted by Gasteiger charge is 2.25. The molecule has 1 aliphatic rings. The highest BCUT2D eigenvalue weighted by Crippen LogP contribution is 2.23. The van der Waals surface area contributed by atoms with Gasteiger partial charge in [0.05, 0.1) is 12.8 Å². The second kappa shape index (κ2) is 7.41. The van der Waals surface area contributed by atoms with Crippen LogP contribution in [0, 0.1) is 5.92 Å². The Morgan fingerprint density at radius 2 is 2.26 bits per heavy atom. The van der Waals surface area contributed by atoms with Crippen LogP contribution in [-0.4, -0.2) is 55.2 Å². The second-order valence-electron chi connectivity index (χ2n) is 5.53.